The third-order valence-electron chi connectivity index (χ3n) is 4.22. The summed E-state index contributed by atoms with van der Waals surface area (Å²) >= 11 is 0. The Balaban J connectivity index is 1.91. The Morgan fingerprint density at radius 1 is 1.00 bits per heavy atom. The summed E-state index contributed by atoms with van der Waals surface area (Å²) < 4.78 is 59.4. The number of anilines is 1. The zero-order chi connectivity index (χ0) is 22.6. The molecule has 31 heavy (non-hydrogen) atoms. The van der Waals surface area contributed by atoms with Crippen molar-refractivity contribution in [1.29, 1.82) is 0 Å². The lowest BCUT2D eigenvalue weighted by Crippen LogP contribution is -2.23. The molecule has 10 heteroatoms. The Labute approximate surface area is 177 Å². The van der Waals surface area contributed by atoms with Crippen LogP contribution in [-0.2, 0) is 21.4 Å². The van der Waals surface area contributed by atoms with Crippen LogP contribution in [0.1, 0.15) is 5.56 Å². The number of nitrogen functional groups attached to an aromatic ring is 1. The average molecular weight is 448 g/mol. The highest BCUT2D eigenvalue weighted by atomic mass is 32.2. The summed E-state index contributed by atoms with van der Waals surface area (Å²) in [7, 11) is -3.90. The van der Waals surface area contributed by atoms with Crippen molar-refractivity contribution in [1.82, 2.24) is 4.72 Å². The third kappa shape index (κ3) is 5.77. The Hall–Kier alpha value is -3.50. The van der Waals surface area contributed by atoms with E-state index in [-0.39, 0.29) is 22.9 Å². The van der Waals surface area contributed by atoms with Gasteiger partial charge in [-0.1, -0.05) is 6.07 Å². The zero-order valence-corrected chi connectivity index (χ0v) is 16.8. The lowest BCUT2D eigenvalue weighted by Gasteiger charge is -2.14. The number of carboxylic acid groups (broad SMARTS) is 1. The maximum absolute atomic E-state index is 13.8. The first-order valence-corrected chi connectivity index (χ1v) is 10.4. The largest absolute Gasteiger partial charge is 0.481 e. The number of benzene rings is 3. The second-order valence-electron chi connectivity index (χ2n) is 6.56. The van der Waals surface area contributed by atoms with E-state index in [1.165, 1.54) is 24.3 Å². The highest BCUT2D eigenvalue weighted by Gasteiger charge is 2.16. The van der Waals surface area contributed by atoms with Crippen LogP contribution in [0.5, 0.6) is 5.75 Å². The van der Waals surface area contributed by atoms with Gasteiger partial charge < -0.3 is 15.6 Å². The van der Waals surface area contributed by atoms with E-state index in [0.717, 1.165) is 30.3 Å². The summed E-state index contributed by atoms with van der Waals surface area (Å²) in [6.45, 7) is -0.745. The standard InChI is InChI=1S/C21H18F2N2O5S/c22-15-2-4-18(5-3-15)31(28,29)25-11-13-1-6-20(30-12-21(26)27)19(7-13)14-8-16(23)10-17(24)9-14/h1-10,25H,11-12,24H2,(H,26,27). The minimum absolute atomic E-state index is 0.103. The molecule has 0 saturated heterocycles. The van der Waals surface area contributed by atoms with Gasteiger partial charge in [0.05, 0.1) is 4.90 Å². The van der Waals surface area contributed by atoms with Crippen LogP contribution in [0.2, 0.25) is 0 Å². The average Bonchev–Trinajstić information content (AvgIpc) is 2.70. The van der Waals surface area contributed by atoms with Gasteiger partial charge in [0.2, 0.25) is 10.0 Å². The summed E-state index contributed by atoms with van der Waals surface area (Å²) in [4.78, 5) is 10.8. The van der Waals surface area contributed by atoms with Crippen molar-refractivity contribution in [2.75, 3.05) is 12.3 Å². The number of carboxylic acids is 1. The smallest absolute Gasteiger partial charge is 0.341 e. The van der Waals surface area contributed by atoms with Gasteiger partial charge in [0.1, 0.15) is 17.4 Å². The molecule has 0 fully saturated rings. The van der Waals surface area contributed by atoms with E-state index in [9.17, 15) is 22.0 Å². The van der Waals surface area contributed by atoms with Gasteiger partial charge in [0.25, 0.3) is 0 Å². The Kier molecular flexibility index (Phi) is 6.52. The van der Waals surface area contributed by atoms with Crippen molar-refractivity contribution in [3.8, 4) is 16.9 Å². The monoisotopic (exact) mass is 448 g/mol. The van der Waals surface area contributed by atoms with Gasteiger partial charge in [0.15, 0.2) is 6.61 Å². The molecular formula is C21H18F2N2O5S. The first-order chi connectivity index (χ1) is 14.6. The maximum Gasteiger partial charge on any atom is 0.341 e. The van der Waals surface area contributed by atoms with Crippen molar-refractivity contribution in [2.24, 2.45) is 0 Å². The number of hydrogen-bond donors (Lipinski definition) is 3. The fourth-order valence-corrected chi connectivity index (χ4v) is 3.84. The van der Waals surface area contributed by atoms with Crippen LogP contribution in [0.4, 0.5) is 14.5 Å². The highest BCUT2D eigenvalue weighted by molar-refractivity contribution is 7.89. The fraction of sp³-hybridized carbons (Fsp3) is 0.0952. The van der Waals surface area contributed by atoms with E-state index in [0.29, 0.717) is 16.7 Å². The number of hydrogen-bond acceptors (Lipinski definition) is 5. The Bertz CT molecular complexity index is 1190. The summed E-state index contributed by atoms with van der Waals surface area (Å²) in [6.07, 6.45) is 0. The topological polar surface area (TPSA) is 119 Å². The molecule has 0 radical (unpaired) electrons. The molecule has 3 aromatic rings. The minimum atomic E-state index is -3.90. The van der Waals surface area contributed by atoms with Crippen LogP contribution >= 0.6 is 0 Å². The van der Waals surface area contributed by atoms with Crippen LogP contribution in [-0.4, -0.2) is 26.1 Å². The molecule has 0 aliphatic rings. The molecule has 4 N–H and O–H groups in total. The number of halogens is 2. The number of rotatable bonds is 8. The van der Waals surface area contributed by atoms with Crippen LogP contribution < -0.4 is 15.2 Å². The van der Waals surface area contributed by atoms with Crippen molar-refractivity contribution in [2.45, 2.75) is 11.4 Å². The maximum atomic E-state index is 13.8. The first kappa shape index (κ1) is 22.2. The lowest BCUT2D eigenvalue weighted by atomic mass is 10.0. The van der Waals surface area contributed by atoms with Gasteiger partial charge in [-0.05, 0) is 65.7 Å². The highest BCUT2D eigenvalue weighted by Crippen LogP contribution is 2.33. The van der Waals surface area contributed by atoms with Gasteiger partial charge >= 0.3 is 5.97 Å². The second-order valence-corrected chi connectivity index (χ2v) is 8.33. The number of nitrogens with two attached hydrogens (primary N) is 1. The molecule has 3 rings (SSSR count). The zero-order valence-electron chi connectivity index (χ0n) is 16.0. The van der Waals surface area contributed by atoms with Crippen LogP contribution in [0, 0.1) is 11.6 Å². The number of aliphatic carboxylic acids is 1. The predicted octanol–water partition coefficient (Wildman–Crippen LogP) is 3.16. The van der Waals surface area contributed by atoms with E-state index < -0.39 is 34.2 Å². The molecule has 0 atom stereocenters. The molecule has 0 unspecified atom stereocenters. The van der Waals surface area contributed by atoms with Crippen molar-refractivity contribution < 1.29 is 31.8 Å². The summed E-state index contributed by atoms with van der Waals surface area (Å²) in [5.41, 5.74) is 7.02. The molecule has 0 aliphatic carbocycles. The van der Waals surface area contributed by atoms with Gasteiger partial charge in [0, 0.05) is 17.8 Å². The third-order valence-corrected chi connectivity index (χ3v) is 5.63. The molecule has 0 amide bonds. The molecule has 0 aliphatic heterocycles. The Morgan fingerprint density at radius 2 is 1.71 bits per heavy atom. The van der Waals surface area contributed by atoms with Crippen LogP contribution in [0.25, 0.3) is 11.1 Å². The van der Waals surface area contributed by atoms with Crippen molar-refractivity contribution in [3.05, 3.63) is 77.9 Å². The van der Waals surface area contributed by atoms with Gasteiger partial charge in [-0.25, -0.2) is 26.7 Å². The van der Waals surface area contributed by atoms with E-state index in [1.807, 2.05) is 0 Å². The van der Waals surface area contributed by atoms with Crippen molar-refractivity contribution >= 4 is 21.7 Å². The van der Waals surface area contributed by atoms with E-state index >= 15 is 0 Å². The molecule has 0 bridgehead atoms. The summed E-state index contributed by atoms with van der Waals surface area (Å²) in [6, 6.07) is 12.7. The normalized spacial score (nSPS) is 11.3. The van der Waals surface area contributed by atoms with E-state index in [1.54, 1.807) is 6.07 Å². The van der Waals surface area contributed by atoms with Gasteiger partial charge in [-0.15, -0.1) is 0 Å². The quantitative estimate of drug-likeness (QED) is 0.456. The molecule has 7 nitrogen and oxygen atoms in total. The predicted molar refractivity (Wildman–Crippen MR) is 110 cm³/mol. The Morgan fingerprint density at radius 3 is 2.35 bits per heavy atom. The minimum Gasteiger partial charge on any atom is -0.481 e. The lowest BCUT2D eigenvalue weighted by molar-refractivity contribution is -0.139. The number of sulfonamides is 1. The molecule has 0 saturated carbocycles. The fourth-order valence-electron chi connectivity index (χ4n) is 2.82. The van der Waals surface area contributed by atoms with E-state index in [2.05, 4.69) is 4.72 Å². The molecule has 0 heterocycles. The summed E-state index contributed by atoms with van der Waals surface area (Å²) in [5.74, 6) is -2.19. The van der Waals surface area contributed by atoms with E-state index in [4.69, 9.17) is 15.6 Å². The molecule has 0 spiro atoms. The van der Waals surface area contributed by atoms with Gasteiger partial charge in [-0.3, -0.25) is 0 Å². The number of ether oxygens (including phenoxy) is 1. The first-order valence-electron chi connectivity index (χ1n) is 8.93. The van der Waals surface area contributed by atoms with Crippen molar-refractivity contribution in [3.63, 3.8) is 0 Å². The number of carbonyl (C=O) groups is 1. The van der Waals surface area contributed by atoms with Crippen LogP contribution in [0.3, 0.4) is 0 Å². The SMILES string of the molecule is Nc1cc(F)cc(-c2cc(CNS(=O)(=O)c3ccc(F)cc3)ccc2OCC(=O)O)c1. The van der Waals surface area contributed by atoms with Crippen LogP contribution in [0.15, 0.2) is 65.6 Å². The molecule has 3 aromatic carbocycles. The molecular weight excluding hydrogens is 430 g/mol. The second kappa shape index (κ2) is 9.11. The molecule has 0 aromatic heterocycles. The summed E-state index contributed by atoms with van der Waals surface area (Å²) in [5, 5.41) is 8.87. The van der Waals surface area contributed by atoms with Gasteiger partial charge in [-0.2, -0.15) is 0 Å². The molecule has 162 valence electrons. The number of nitrogens with one attached hydrogen (secondary N) is 1.